The Morgan fingerprint density at radius 1 is 0.929 bits per heavy atom. The van der Waals surface area contributed by atoms with E-state index in [1.807, 2.05) is 44.2 Å². The van der Waals surface area contributed by atoms with E-state index in [1.54, 1.807) is 6.07 Å². The maximum Gasteiger partial charge on any atom is 0.244 e. The average molecular weight is 600 g/mol. The standard InChI is InChI=1S/C31H38FN3O6S/c1-22(2)19-33-31(37)27(17-23-11-7-6-8-12-23)34(20-24-13-9-10-14-26(24)32)30(36)21-35(42(5,38)39)25-15-16-28(40-3)29(18-25)41-4/h6-16,18,22,27H,17,19-21H2,1-5H3,(H,33,37)/t27-/m1/s1. The molecule has 3 rings (SSSR count). The number of rotatable bonds is 14. The summed E-state index contributed by atoms with van der Waals surface area (Å²) < 4.78 is 52.3. The van der Waals surface area contributed by atoms with Crippen LogP contribution in [0, 0.1) is 11.7 Å². The molecule has 0 aliphatic heterocycles. The second-order valence-corrected chi connectivity index (χ2v) is 12.2. The maximum absolute atomic E-state index is 14.9. The van der Waals surface area contributed by atoms with Gasteiger partial charge in [-0.15, -0.1) is 0 Å². The second kappa shape index (κ2) is 14.7. The quantitative estimate of drug-likeness (QED) is 0.300. The molecular formula is C31H38FN3O6S. The highest BCUT2D eigenvalue weighted by molar-refractivity contribution is 7.92. The third-order valence-corrected chi connectivity index (χ3v) is 7.73. The molecule has 0 saturated heterocycles. The lowest BCUT2D eigenvalue weighted by molar-refractivity contribution is -0.140. The Hall–Kier alpha value is -4.12. The molecule has 42 heavy (non-hydrogen) atoms. The molecule has 11 heteroatoms. The molecule has 0 spiro atoms. The number of methoxy groups -OCH3 is 2. The van der Waals surface area contributed by atoms with Crippen LogP contribution in [0.25, 0.3) is 0 Å². The van der Waals surface area contributed by atoms with Gasteiger partial charge >= 0.3 is 0 Å². The van der Waals surface area contributed by atoms with Crippen molar-refractivity contribution < 1.29 is 31.9 Å². The second-order valence-electron chi connectivity index (χ2n) is 10.3. The van der Waals surface area contributed by atoms with Crippen LogP contribution in [0.15, 0.2) is 72.8 Å². The maximum atomic E-state index is 14.9. The third kappa shape index (κ3) is 8.69. The summed E-state index contributed by atoms with van der Waals surface area (Å²) in [7, 11) is -1.12. The molecule has 9 nitrogen and oxygen atoms in total. The molecule has 226 valence electrons. The zero-order valence-corrected chi connectivity index (χ0v) is 25.4. The van der Waals surface area contributed by atoms with Crippen LogP contribution < -0.4 is 19.1 Å². The van der Waals surface area contributed by atoms with Gasteiger partial charge in [0.1, 0.15) is 18.4 Å². The molecule has 0 saturated carbocycles. The van der Waals surface area contributed by atoms with E-state index in [2.05, 4.69) is 5.32 Å². The molecule has 0 heterocycles. The van der Waals surface area contributed by atoms with E-state index >= 15 is 0 Å². The smallest absolute Gasteiger partial charge is 0.244 e. The highest BCUT2D eigenvalue weighted by Crippen LogP contribution is 2.32. The van der Waals surface area contributed by atoms with Crippen LogP contribution in [0.5, 0.6) is 11.5 Å². The average Bonchev–Trinajstić information content (AvgIpc) is 2.96. The Balaban J connectivity index is 2.08. The topological polar surface area (TPSA) is 105 Å². The molecule has 2 amide bonds. The summed E-state index contributed by atoms with van der Waals surface area (Å²) >= 11 is 0. The molecule has 3 aromatic carbocycles. The van der Waals surface area contributed by atoms with Crippen molar-refractivity contribution in [3.63, 3.8) is 0 Å². The summed E-state index contributed by atoms with van der Waals surface area (Å²) in [4.78, 5) is 29.0. The van der Waals surface area contributed by atoms with Gasteiger partial charge in [-0.2, -0.15) is 0 Å². The minimum atomic E-state index is -3.98. The van der Waals surface area contributed by atoms with Crippen molar-refractivity contribution in [3.05, 3.63) is 89.7 Å². The Bertz CT molecular complexity index is 1470. The molecule has 1 atom stereocenters. The molecule has 0 aromatic heterocycles. The number of nitrogens with zero attached hydrogens (tertiary/aromatic N) is 2. The predicted octanol–water partition coefficient (Wildman–Crippen LogP) is 4.02. The van der Waals surface area contributed by atoms with Gasteiger partial charge in [0.25, 0.3) is 0 Å². The fourth-order valence-electron chi connectivity index (χ4n) is 4.38. The number of hydrogen-bond donors (Lipinski definition) is 1. The van der Waals surface area contributed by atoms with Gasteiger partial charge in [-0.05, 0) is 29.7 Å². The van der Waals surface area contributed by atoms with Crippen LogP contribution in [0.4, 0.5) is 10.1 Å². The number of ether oxygens (including phenoxy) is 2. The van der Waals surface area contributed by atoms with Crippen LogP contribution in [0.2, 0.25) is 0 Å². The van der Waals surface area contributed by atoms with E-state index in [0.29, 0.717) is 12.3 Å². The highest BCUT2D eigenvalue weighted by Gasteiger charge is 2.33. The first kappa shape index (κ1) is 32.4. The SMILES string of the molecule is COc1ccc(N(CC(=O)N(Cc2ccccc2F)[C@H](Cc2ccccc2)C(=O)NCC(C)C)S(C)(=O)=O)cc1OC. The van der Waals surface area contributed by atoms with Crippen molar-refractivity contribution in [2.24, 2.45) is 5.92 Å². The first-order valence-corrected chi connectivity index (χ1v) is 15.3. The zero-order valence-electron chi connectivity index (χ0n) is 24.5. The van der Waals surface area contributed by atoms with Gasteiger partial charge in [0.05, 0.1) is 26.2 Å². The van der Waals surface area contributed by atoms with Gasteiger partial charge in [0.2, 0.25) is 21.8 Å². The lowest BCUT2D eigenvalue weighted by Crippen LogP contribution is -2.53. The summed E-state index contributed by atoms with van der Waals surface area (Å²) in [5.74, 6) is -0.848. The number of halogens is 1. The Morgan fingerprint density at radius 3 is 2.17 bits per heavy atom. The summed E-state index contributed by atoms with van der Waals surface area (Å²) in [6, 6.07) is 18.6. The van der Waals surface area contributed by atoms with E-state index in [4.69, 9.17) is 9.47 Å². The number of hydrogen-bond acceptors (Lipinski definition) is 6. The lowest BCUT2D eigenvalue weighted by Gasteiger charge is -2.33. The van der Waals surface area contributed by atoms with Crippen molar-refractivity contribution in [3.8, 4) is 11.5 Å². The Morgan fingerprint density at radius 2 is 1.57 bits per heavy atom. The fourth-order valence-corrected chi connectivity index (χ4v) is 5.22. The largest absolute Gasteiger partial charge is 0.493 e. The van der Waals surface area contributed by atoms with Crippen molar-refractivity contribution in [1.29, 1.82) is 0 Å². The first-order chi connectivity index (χ1) is 19.9. The molecule has 0 aliphatic rings. The van der Waals surface area contributed by atoms with E-state index in [9.17, 15) is 22.4 Å². The molecule has 1 N–H and O–H groups in total. The van der Waals surface area contributed by atoms with Crippen molar-refractivity contribution in [2.45, 2.75) is 32.9 Å². The molecule has 0 fully saturated rings. The highest BCUT2D eigenvalue weighted by atomic mass is 32.2. The molecule has 3 aromatic rings. The third-order valence-electron chi connectivity index (χ3n) is 6.59. The van der Waals surface area contributed by atoms with Gasteiger partial charge in [0.15, 0.2) is 11.5 Å². The predicted molar refractivity (Wildman–Crippen MR) is 160 cm³/mol. The van der Waals surface area contributed by atoms with Crippen LogP contribution in [0.3, 0.4) is 0 Å². The zero-order chi connectivity index (χ0) is 30.9. The summed E-state index contributed by atoms with van der Waals surface area (Å²) in [5, 5.41) is 2.89. The van der Waals surface area contributed by atoms with Crippen LogP contribution >= 0.6 is 0 Å². The van der Waals surface area contributed by atoms with E-state index < -0.39 is 40.2 Å². The number of anilines is 1. The number of sulfonamides is 1. The molecule has 0 unspecified atom stereocenters. The summed E-state index contributed by atoms with van der Waals surface area (Å²) in [6.45, 7) is 3.38. The lowest BCUT2D eigenvalue weighted by atomic mass is 10.0. The molecule has 0 radical (unpaired) electrons. The van der Waals surface area contributed by atoms with Crippen molar-refractivity contribution in [2.75, 3.05) is 37.9 Å². The van der Waals surface area contributed by atoms with Gasteiger partial charge in [0, 0.05) is 31.1 Å². The first-order valence-electron chi connectivity index (χ1n) is 13.5. The summed E-state index contributed by atoms with van der Waals surface area (Å²) in [5.41, 5.74) is 1.14. The van der Waals surface area contributed by atoms with Crippen LogP contribution in [-0.2, 0) is 32.6 Å². The van der Waals surface area contributed by atoms with Gasteiger partial charge < -0.3 is 19.7 Å². The molecule has 0 bridgehead atoms. The minimum absolute atomic E-state index is 0.139. The molecular weight excluding hydrogens is 561 g/mol. The van der Waals surface area contributed by atoms with Crippen molar-refractivity contribution >= 4 is 27.5 Å². The van der Waals surface area contributed by atoms with E-state index in [-0.39, 0.29) is 35.9 Å². The molecule has 0 aliphatic carbocycles. The van der Waals surface area contributed by atoms with Crippen molar-refractivity contribution in [1.82, 2.24) is 10.2 Å². The van der Waals surface area contributed by atoms with Crippen LogP contribution in [-0.4, -0.2) is 64.7 Å². The Labute approximate surface area is 247 Å². The van der Waals surface area contributed by atoms with Gasteiger partial charge in [-0.3, -0.25) is 13.9 Å². The number of benzene rings is 3. The van der Waals surface area contributed by atoms with E-state index in [0.717, 1.165) is 16.1 Å². The number of carbonyl (C=O) groups excluding carboxylic acids is 2. The summed E-state index contributed by atoms with van der Waals surface area (Å²) in [6.07, 6.45) is 1.12. The normalized spacial score (nSPS) is 12.0. The Kier molecular flexibility index (Phi) is 11.3. The van der Waals surface area contributed by atoms with Gasteiger partial charge in [-0.25, -0.2) is 12.8 Å². The fraction of sp³-hybridized carbons (Fsp3) is 0.355. The minimum Gasteiger partial charge on any atom is -0.493 e. The van der Waals surface area contributed by atoms with Gasteiger partial charge in [-0.1, -0.05) is 62.4 Å². The number of nitrogens with one attached hydrogen (secondary N) is 1. The monoisotopic (exact) mass is 599 g/mol. The number of carbonyl (C=O) groups is 2. The van der Waals surface area contributed by atoms with E-state index in [1.165, 1.54) is 55.5 Å². The van der Waals surface area contributed by atoms with Crippen LogP contribution in [0.1, 0.15) is 25.0 Å². The number of amides is 2.